The zero-order chi connectivity index (χ0) is 16.5. The molecule has 2 rings (SSSR count). The molecule has 1 amide bonds. The van der Waals surface area contributed by atoms with Crippen LogP contribution in [0.3, 0.4) is 0 Å². The van der Waals surface area contributed by atoms with Gasteiger partial charge in [0.15, 0.2) is 0 Å². The normalized spacial score (nSPS) is 10.2. The zero-order valence-electron chi connectivity index (χ0n) is 13.6. The average molecular weight is 313 g/mol. The van der Waals surface area contributed by atoms with E-state index >= 15 is 0 Å². The molecular formula is C18H23N3O2. The van der Waals surface area contributed by atoms with Gasteiger partial charge in [-0.05, 0) is 24.6 Å². The Kier molecular flexibility index (Phi) is 6.41. The summed E-state index contributed by atoms with van der Waals surface area (Å²) < 4.78 is 5.29. The maximum Gasteiger partial charge on any atom is 0.251 e. The first kappa shape index (κ1) is 16.8. The first-order valence-electron chi connectivity index (χ1n) is 7.84. The quantitative estimate of drug-likeness (QED) is 0.734. The number of carbonyl (C=O) groups is 1. The third kappa shape index (κ3) is 4.98. The van der Waals surface area contributed by atoms with E-state index < -0.39 is 0 Å². The number of para-hydroxylation sites is 1. The Bertz CT molecular complexity index is 644. The SMILES string of the molecule is CCCCNc1cc(C(=O)NCc2ccccc2OC)ccn1. The number of methoxy groups -OCH3 is 1. The van der Waals surface area contributed by atoms with Crippen LogP contribution in [0.5, 0.6) is 5.75 Å². The predicted molar refractivity (Wildman–Crippen MR) is 91.8 cm³/mol. The fourth-order valence-corrected chi connectivity index (χ4v) is 2.19. The topological polar surface area (TPSA) is 63.2 Å². The van der Waals surface area contributed by atoms with E-state index in [9.17, 15) is 4.79 Å². The molecule has 5 heteroatoms. The summed E-state index contributed by atoms with van der Waals surface area (Å²) in [5.41, 5.74) is 1.53. The molecule has 122 valence electrons. The zero-order valence-corrected chi connectivity index (χ0v) is 13.6. The molecule has 0 atom stereocenters. The van der Waals surface area contributed by atoms with Crippen molar-refractivity contribution in [2.45, 2.75) is 26.3 Å². The van der Waals surface area contributed by atoms with Crippen molar-refractivity contribution < 1.29 is 9.53 Å². The molecule has 0 aliphatic carbocycles. The van der Waals surface area contributed by atoms with Crippen molar-refractivity contribution in [2.24, 2.45) is 0 Å². The number of aromatic nitrogens is 1. The summed E-state index contributed by atoms with van der Waals surface area (Å²) in [7, 11) is 1.62. The minimum Gasteiger partial charge on any atom is -0.496 e. The van der Waals surface area contributed by atoms with Gasteiger partial charge in [0.1, 0.15) is 11.6 Å². The maximum absolute atomic E-state index is 12.3. The Labute approximate surface area is 137 Å². The Hall–Kier alpha value is -2.56. The lowest BCUT2D eigenvalue weighted by atomic mass is 10.2. The van der Waals surface area contributed by atoms with Gasteiger partial charge in [-0.2, -0.15) is 0 Å². The third-order valence-electron chi connectivity index (χ3n) is 3.49. The molecule has 1 aromatic heterocycles. The van der Waals surface area contributed by atoms with Gasteiger partial charge in [0.05, 0.1) is 7.11 Å². The van der Waals surface area contributed by atoms with E-state index in [1.165, 1.54) is 0 Å². The molecule has 1 heterocycles. The van der Waals surface area contributed by atoms with Crippen LogP contribution in [0.15, 0.2) is 42.6 Å². The van der Waals surface area contributed by atoms with E-state index in [0.717, 1.165) is 36.5 Å². The highest BCUT2D eigenvalue weighted by molar-refractivity contribution is 5.94. The van der Waals surface area contributed by atoms with Crippen LogP contribution in [0.25, 0.3) is 0 Å². The second-order valence-corrected chi connectivity index (χ2v) is 5.20. The number of hydrogen-bond acceptors (Lipinski definition) is 4. The molecule has 0 bridgehead atoms. The van der Waals surface area contributed by atoms with Crippen LogP contribution in [0.4, 0.5) is 5.82 Å². The number of pyridine rings is 1. The van der Waals surface area contributed by atoms with Crippen molar-refractivity contribution in [1.82, 2.24) is 10.3 Å². The van der Waals surface area contributed by atoms with Crippen LogP contribution < -0.4 is 15.4 Å². The van der Waals surface area contributed by atoms with Gasteiger partial charge in [0, 0.05) is 30.4 Å². The molecular weight excluding hydrogens is 290 g/mol. The lowest BCUT2D eigenvalue weighted by molar-refractivity contribution is 0.0950. The largest absolute Gasteiger partial charge is 0.496 e. The summed E-state index contributed by atoms with van der Waals surface area (Å²) in [5.74, 6) is 1.37. The van der Waals surface area contributed by atoms with Gasteiger partial charge in [-0.15, -0.1) is 0 Å². The molecule has 23 heavy (non-hydrogen) atoms. The number of anilines is 1. The Balaban J connectivity index is 1.96. The molecule has 0 fully saturated rings. The summed E-state index contributed by atoms with van der Waals surface area (Å²) in [6, 6.07) is 11.1. The fourth-order valence-electron chi connectivity index (χ4n) is 2.19. The van der Waals surface area contributed by atoms with Crippen molar-refractivity contribution >= 4 is 11.7 Å². The Morgan fingerprint density at radius 1 is 1.26 bits per heavy atom. The number of nitrogens with zero attached hydrogens (tertiary/aromatic N) is 1. The standard InChI is InChI=1S/C18H23N3O2/c1-3-4-10-19-17-12-14(9-11-20-17)18(22)21-13-15-7-5-6-8-16(15)23-2/h5-9,11-12H,3-4,10,13H2,1-2H3,(H,19,20)(H,21,22). The first-order chi connectivity index (χ1) is 11.2. The summed E-state index contributed by atoms with van der Waals surface area (Å²) in [6.07, 6.45) is 3.84. The molecule has 2 N–H and O–H groups in total. The Morgan fingerprint density at radius 2 is 2.09 bits per heavy atom. The van der Waals surface area contributed by atoms with E-state index in [1.54, 1.807) is 25.4 Å². The second-order valence-electron chi connectivity index (χ2n) is 5.20. The van der Waals surface area contributed by atoms with E-state index in [4.69, 9.17) is 4.74 Å². The lowest BCUT2D eigenvalue weighted by Gasteiger charge is -2.10. The van der Waals surface area contributed by atoms with Crippen LogP contribution in [-0.4, -0.2) is 24.5 Å². The summed E-state index contributed by atoms with van der Waals surface area (Å²) in [4.78, 5) is 16.5. The molecule has 5 nitrogen and oxygen atoms in total. The minimum atomic E-state index is -0.128. The van der Waals surface area contributed by atoms with Crippen molar-refractivity contribution in [3.63, 3.8) is 0 Å². The summed E-state index contributed by atoms with van der Waals surface area (Å²) >= 11 is 0. The third-order valence-corrected chi connectivity index (χ3v) is 3.49. The van der Waals surface area contributed by atoms with Crippen molar-refractivity contribution in [2.75, 3.05) is 19.0 Å². The number of benzene rings is 1. The van der Waals surface area contributed by atoms with Crippen molar-refractivity contribution in [3.05, 3.63) is 53.7 Å². The van der Waals surface area contributed by atoms with Crippen LogP contribution in [0.2, 0.25) is 0 Å². The van der Waals surface area contributed by atoms with Crippen molar-refractivity contribution in [3.8, 4) is 5.75 Å². The molecule has 0 saturated carbocycles. The highest BCUT2D eigenvalue weighted by Crippen LogP contribution is 2.17. The molecule has 0 unspecified atom stereocenters. The Morgan fingerprint density at radius 3 is 2.87 bits per heavy atom. The van der Waals surface area contributed by atoms with Gasteiger partial charge in [-0.3, -0.25) is 4.79 Å². The smallest absolute Gasteiger partial charge is 0.251 e. The molecule has 1 aromatic carbocycles. The van der Waals surface area contributed by atoms with E-state index in [1.807, 2.05) is 24.3 Å². The minimum absolute atomic E-state index is 0.128. The maximum atomic E-state index is 12.3. The van der Waals surface area contributed by atoms with E-state index in [-0.39, 0.29) is 5.91 Å². The number of unbranched alkanes of at least 4 members (excludes halogenated alkanes) is 1. The summed E-state index contributed by atoms with van der Waals surface area (Å²) in [6.45, 7) is 3.41. The fraction of sp³-hybridized carbons (Fsp3) is 0.333. The highest BCUT2D eigenvalue weighted by atomic mass is 16.5. The van der Waals surface area contributed by atoms with Crippen molar-refractivity contribution in [1.29, 1.82) is 0 Å². The monoisotopic (exact) mass is 313 g/mol. The number of carbonyl (C=O) groups excluding carboxylic acids is 1. The number of hydrogen-bond donors (Lipinski definition) is 2. The average Bonchev–Trinajstić information content (AvgIpc) is 2.60. The van der Waals surface area contributed by atoms with Crippen LogP contribution >= 0.6 is 0 Å². The number of rotatable bonds is 8. The van der Waals surface area contributed by atoms with Gasteiger partial charge in [0.25, 0.3) is 5.91 Å². The molecule has 0 aliphatic heterocycles. The molecule has 0 aliphatic rings. The number of ether oxygens (including phenoxy) is 1. The molecule has 0 radical (unpaired) electrons. The molecule has 0 saturated heterocycles. The second kappa shape index (κ2) is 8.78. The molecule has 2 aromatic rings. The van der Waals surface area contributed by atoms with Crippen LogP contribution in [-0.2, 0) is 6.54 Å². The van der Waals surface area contributed by atoms with Crippen LogP contribution in [0, 0.1) is 0 Å². The summed E-state index contributed by atoms with van der Waals surface area (Å²) in [5, 5.41) is 6.13. The highest BCUT2D eigenvalue weighted by Gasteiger charge is 2.08. The van der Waals surface area contributed by atoms with E-state index in [2.05, 4.69) is 22.5 Å². The van der Waals surface area contributed by atoms with Gasteiger partial charge in [-0.25, -0.2) is 4.98 Å². The van der Waals surface area contributed by atoms with Gasteiger partial charge in [-0.1, -0.05) is 31.5 Å². The molecule has 0 spiro atoms. The van der Waals surface area contributed by atoms with Gasteiger partial charge in [0.2, 0.25) is 0 Å². The van der Waals surface area contributed by atoms with Gasteiger partial charge < -0.3 is 15.4 Å². The van der Waals surface area contributed by atoms with E-state index in [0.29, 0.717) is 12.1 Å². The predicted octanol–water partition coefficient (Wildman–Crippen LogP) is 3.23. The van der Waals surface area contributed by atoms with Gasteiger partial charge >= 0.3 is 0 Å². The number of nitrogens with one attached hydrogen (secondary N) is 2. The number of amides is 1. The lowest BCUT2D eigenvalue weighted by Crippen LogP contribution is -2.23. The van der Waals surface area contributed by atoms with Crippen LogP contribution in [0.1, 0.15) is 35.7 Å². The first-order valence-corrected chi connectivity index (χ1v) is 7.84.